The lowest BCUT2D eigenvalue weighted by Crippen LogP contribution is -2.36. The van der Waals surface area contributed by atoms with Crippen LogP contribution in [0.5, 0.6) is 0 Å². The van der Waals surface area contributed by atoms with Crippen LogP contribution in [-0.2, 0) is 10.8 Å². The van der Waals surface area contributed by atoms with Gasteiger partial charge in [0.15, 0.2) is 5.84 Å². The Hall–Kier alpha value is -1.79. The Morgan fingerprint density at radius 1 is 1.47 bits per heavy atom. The van der Waals surface area contributed by atoms with Crippen LogP contribution in [0, 0.1) is 0 Å². The lowest BCUT2D eigenvalue weighted by molar-refractivity contribution is -0.0300. The van der Waals surface area contributed by atoms with Crippen molar-refractivity contribution in [2.45, 2.75) is 12.1 Å². The molecule has 0 saturated heterocycles. The van der Waals surface area contributed by atoms with Crippen LogP contribution in [-0.4, -0.2) is 43.6 Å². The molecule has 1 N–H and O–H groups in total. The number of aromatic nitrogens is 1. The highest BCUT2D eigenvalue weighted by Gasteiger charge is 2.35. The van der Waals surface area contributed by atoms with E-state index in [9.17, 15) is 9.42 Å². The van der Waals surface area contributed by atoms with Crippen LogP contribution in [0.15, 0.2) is 52.7 Å². The Morgan fingerprint density at radius 3 is 3.00 bits per heavy atom. The summed E-state index contributed by atoms with van der Waals surface area (Å²) >= 11 is 0. The van der Waals surface area contributed by atoms with E-state index in [1.165, 1.54) is 0 Å². The molecule has 0 aromatic carbocycles. The molecule has 0 spiro atoms. The maximum Gasteiger partial charge on any atom is 0.157 e. The fourth-order valence-electron chi connectivity index (χ4n) is 2.20. The van der Waals surface area contributed by atoms with Gasteiger partial charge in [-0.05, 0) is 24.3 Å². The fraction of sp³-hybridized carbons (Fsp3) is 0.231. The molecule has 1 aromatic heterocycles. The SMILES string of the molecule is CS(=O)C1=CC2N=C(c3cccnc3)N(O)C2C=C1. The van der Waals surface area contributed by atoms with Gasteiger partial charge in [-0.15, -0.1) is 0 Å². The molecule has 2 aliphatic rings. The highest BCUT2D eigenvalue weighted by Crippen LogP contribution is 2.27. The zero-order valence-electron chi connectivity index (χ0n) is 10.3. The summed E-state index contributed by atoms with van der Waals surface area (Å²) in [5.74, 6) is 0.493. The van der Waals surface area contributed by atoms with E-state index < -0.39 is 10.8 Å². The third-order valence-electron chi connectivity index (χ3n) is 3.17. The van der Waals surface area contributed by atoms with E-state index in [1.807, 2.05) is 18.2 Å². The maximum absolute atomic E-state index is 11.5. The topological polar surface area (TPSA) is 65.8 Å². The summed E-state index contributed by atoms with van der Waals surface area (Å²) in [7, 11) is -1.04. The number of amidine groups is 1. The van der Waals surface area contributed by atoms with Crippen LogP contribution in [0.1, 0.15) is 5.56 Å². The molecule has 1 aliphatic heterocycles. The van der Waals surface area contributed by atoms with Crippen molar-refractivity contribution in [3.8, 4) is 0 Å². The zero-order chi connectivity index (χ0) is 13.4. The number of fused-ring (bicyclic) bond motifs is 1. The molecular weight excluding hydrogens is 262 g/mol. The minimum atomic E-state index is -1.04. The first kappa shape index (κ1) is 12.3. The summed E-state index contributed by atoms with van der Waals surface area (Å²) < 4.78 is 11.5. The highest BCUT2D eigenvalue weighted by molar-refractivity contribution is 7.88. The van der Waals surface area contributed by atoms with Crippen LogP contribution < -0.4 is 0 Å². The van der Waals surface area contributed by atoms with Gasteiger partial charge in [0, 0.05) is 39.9 Å². The molecule has 1 aliphatic carbocycles. The summed E-state index contributed by atoms with van der Waals surface area (Å²) in [6, 6.07) is 3.21. The average molecular weight is 275 g/mol. The quantitative estimate of drug-likeness (QED) is 0.878. The van der Waals surface area contributed by atoms with Crippen LogP contribution >= 0.6 is 0 Å². The first-order valence-corrected chi connectivity index (χ1v) is 7.42. The van der Waals surface area contributed by atoms with Gasteiger partial charge in [0.05, 0.1) is 6.04 Å². The van der Waals surface area contributed by atoms with Crippen LogP contribution in [0.4, 0.5) is 0 Å². The number of aliphatic imine (C=N–C) groups is 1. The second-order valence-electron chi connectivity index (χ2n) is 4.40. The van der Waals surface area contributed by atoms with Gasteiger partial charge < -0.3 is 0 Å². The summed E-state index contributed by atoms with van der Waals surface area (Å²) in [4.78, 5) is 9.25. The molecule has 2 heterocycles. The van der Waals surface area contributed by atoms with Crippen molar-refractivity contribution in [2.75, 3.05) is 6.26 Å². The first-order valence-electron chi connectivity index (χ1n) is 5.86. The van der Waals surface area contributed by atoms with Gasteiger partial charge in [-0.1, -0.05) is 6.08 Å². The average Bonchev–Trinajstić information content (AvgIpc) is 2.76. The van der Waals surface area contributed by atoms with Gasteiger partial charge in [0.1, 0.15) is 6.04 Å². The van der Waals surface area contributed by atoms with Crippen LogP contribution in [0.2, 0.25) is 0 Å². The number of hydroxylamine groups is 2. The predicted molar refractivity (Wildman–Crippen MR) is 73.3 cm³/mol. The van der Waals surface area contributed by atoms with Crippen molar-refractivity contribution in [1.29, 1.82) is 0 Å². The zero-order valence-corrected chi connectivity index (χ0v) is 11.1. The summed E-state index contributed by atoms with van der Waals surface area (Å²) in [6.45, 7) is 0. The Balaban J connectivity index is 1.96. The van der Waals surface area contributed by atoms with E-state index in [0.29, 0.717) is 5.84 Å². The van der Waals surface area contributed by atoms with E-state index in [4.69, 9.17) is 0 Å². The third kappa shape index (κ3) is 2.13. The normalized spacial score (nSPS) is 26.7. The summed E-state index contributed by atoms with van der Waals surface area (Å²) in [5, 5.41) is 11.3. The number of hydrogen-bond donors (Lipinski definition) is 1. The standard InChI is InChI=1S/C13H13N3O2S/c1-19(18)10-4-5-12-11(7-10)15-13(16(12)17)9-3-2-6-14-8-9/h2-8,11-12,17H,1H3. The van der Waals surface area contributed by atoms with Crippen molar-refractivity contribution in [1.82, 2.24) is 10.0 Å². The minimum Gasteiger partial charge on any atom is -0.286 e. The number of hydrogen-bond acceptors (Lipinski definition) is 5. The van der Waals surface area contributed by atoms with Crippen LogP contribution in [0.3, 0.4) is 0 Å². The predicted octanol–water partition coefficient (Wildman–Crippen LogP) is 1.10. The highest BCUT2D eigenvalue weighted by atomic mass is 32.2. The molecule has 3 unspecified atom stereocenters. The van der Waals surface area contributed by atoms with Crippen molar-refractivity contribution in [2.24, 2.45) is 4.99 Å². The fourth-order valence-corrected chi connectivity index (χ4v) is 2.81. The molecule has 0 bridgehead atoms. The van der Waals surface area contributed by atoms with Gasteiger partial charge >= 0.3 is 0 Å². The second kappa shape index (κ2) is 4.71. The third-order valence-corrected chi connectivity index (χ3v) is 4.10. The molecule has 0 fully saturated rings. The van der Waals surface area contributed by atoms with Gasteiger partial charge in [-0.25, -0.2) is 5.06 Å². The Labute approximate surface area is 113 Å². The molecular formula is C13H13N3O2S. The number of rotatable bonds is 2. The number of allylic oxidation sites excluding steroid dienone is 1. The number of pyridine rings is 1. The van der Waals surface area contributed by atoms with E-state index in [1.54, 1.807) is 30.8 Å². The lowest BCUT2D eigenvalue weighted by atomic mass is 10.0. The Kier molecular flexibility index (Phi) is 3.04. The van der Waals surface area contributed by atoms with Gasteiger partial charge in [0.2, 0.25) is 0 Å². The van der Waals surface area contributed by atoms with Crippen LogP contribution in [0.25, 0.3) is 0 Å². The van der Waals surface area contributed by atoms with Crippen molar-refractivity contribution in [3.63, 3.8) is 0 Å². The molecule has 19 heavy (non-hydrogen) atoms. The monoisotopic (exact) mass is 275 g/mol. The molecule has 3 atom stereocenters. The molecule has 5 nitrogen and oxygen atoms in total. The van der Waals surface area contributed by atoms with Crippen molar-refractivity contribution in [3.05, 3.63) is 53.2 Å². The Morgan fingerprint density at radius 2 is 2.32 bits per heavy atom. The Bertz CT molecular complexity index is 610. The largest absolute Gasteiger partial charge is 0.286 e. The smallest absolute Gasteiger partial charge is 0.157 e. The summed E-state index contributed by atoms with van der Waals surface area (Å²) in [5.41, 5.74) is 0.764. The van der Waals surface area contributed by atoms with E-state index in [-0.39, 0.29) is 12.1 Å². The van der Waals surface area contributed by atoms with E-state index >= 15 is 0 Å². The first-order chi connectivity index (χ1) is 9.16. The van der Waals surface area contributed by atoms with Gasteiger partial charge in [0.25, 0.3) is 0 Å². The molecule has 0 amide bonds. The van der Waals surface area contributed by atoms with Gasteiger partial charge in [-0.3, -0.25) is 19.4 Å². The van der Waals surface area contributed by atoms with Crippen molar-refractivity contribution >= 4 is 16.6 Å². The maximum atomic E-state index is 11.5. The van der Waals surface area contributed by atoms with Crippen molar-refractivity contribution < 1.29 is 9.42 Å². The molecule has 1 aromatic rings. The number of nitrogens with zero attached hydrogens (tertiary/aromatic N) is 3. The molecule has 0 radical (unpaired) electrons. The second-order valence-corrected chi connectivity index (χ2v) is 5.78. The molecule has 6 heteroatoms. The van der Waals surface area contributed by atoms with E-state index in [2.05, 4.69) is 9.98 Å². The molecule has 3 rings (SSSR count). The summed E-state index contributed by atoms with van der Waals surface area (Å²) in [6.07, 6.45) is 10.4. The molecule has 98 valence electrons. The van der Waals surface area contributed by atoms with Gasteiger partial charge in [-0.2, -0.15) is 0 Å². The minimum absolute atomic E-state index is 0.205. The van der Waals surface area contributed by atoms with E-state index in [0.717, 1.165) is 15.5 Å². The lowest BCUT2D eigenvalue weighted by Gasteiger charge is -2.22. The molecule has 0 saturated carbocycles.